The second kappa shape index (κ2) is 6.84. The largest absolute Gasteiger partial charge is 0.328 e. The Morgan fingerprint density at radius 2 is 2.26 bits per heavy atom. The van der Waals surface area contributed by atoms with Gasteiger partial charge in [0.05, 0.1) is 16.5 Å². The van der Waals surface area contributed by atoms with Gasteiger partial charge in [-0.15, -0.1) is 11.3 Å². The summed E-state index contributed by atoms with van der Waals surface area (Å²) in [6, 6.07) is 1.95. The zero-order valence-electron chi connectivity index (χ0n) is 12.0. The molecule has 3 heterocycles. The van der Waals surface area contributed by atoms with Crippen molar-refractivity contribution in [3.05, 3.63) is 42.9 Å². The lowest BCUT2D eigenvalue weighted by atomic mass is 10.3. The van der Waals surface area contributed by atoms with Crippen LogP contribution in [-0.2, 0) is 17.9 Å². The van der Waals surface area contributed by atoms with Gasteiger partial charge in [0.15, 0.2) is 5.11 Å². The third-order valence-electron chi connectivity index (χ3n) is 3.26. The molecule has 1 aliphatic heterocycles. The topological polar surface area (TPSA) is 50.2 Å². The maximum atomic E-state index is 12.6. The van der Waals surface area contributed by atoms with E-state index in [1.165, 1.54) is 0 Å². The van der Waals surface area contributed by atoms with E-state index in [2.05, 4.69) is 42.3 Å². The van der Waals surface area contributed by atoms with Crippen molar-refractivity contribution in [3.63, 3.8) is 0 Å². The van der Waals surface area contributed by atoms with Gasteiger partial charge in [-0.25, -0.2) is 0 Å². The molecule has 0 atom stereocenters. The van der Waals surface area contributed by atoms with E-state index in [0.717, 1.165) is 25.2 Å². The number of aryl methyl sites for hydroxylation is 1. The molecule has 3 rings (SSSR count). The van der Waals surface area contributed by atoms with Crippen LogP contribution in [0.3, 0.4) is 0 Å². The summed E-state index contributed by atoms with van der Waals surface area (Å²) >= 11 is 13.7. The molecule has 0 unspecified atom stereocenters. The zero-order valence-corrected chi connectivity index (χ0v) is 16.9. The van der Waals surface area contributed by atoms with Crippen molar-refractivity contribution in [1.29, 1.82) is 0 Å². The molecule has 9 heteroatoms. The van der Waals surface area contributed by atoms with E-state index in [4.69, 9.17) is 12.2 Å². The van der Waals surface area contributed by atoms with E-state index in [0.29, 0.717) is 17.4 Å². The van der Waals surface area contributed by atoms with Gasteiger partial charge in [0.2, 0.25) is 0 Å². The summed E-state index contributed by atoms with van der Waals surface area (Å²) in [4.78, 5) is 15.1. The van der Waals surface area contributed by atoms with Gasteiger partial charge in [-0.3, -0.25) is 14.4 Å². The lowest BCUT2D eigenvalue weighted by Crippen LogP contribution is -2.29. The van der Waals surface area contributed by atoms with Crippen LogP contribution in [0.5, 0.6) is 0 Å². The van der Waals surface area contributed by atoms with E-state index in [1.54, 1.807) is 22.4 Å². The second-order valence-corrected chi connectivity index (χ2v) is 8.50. The fourth-order valence-corrected chi connectivity index (χ4v) is 4.43. The highest BCUT2D eigenvalue weighted by Gasteiger charge is 2.31. The highest BCUT2D eigenvalue weighted by molar-refractivity contribution is 9.13. The summed E-state index contributed by atoms with van der Waals surface area (Å²) in [5, 5.41) is 7.62. The van der Waals surface area contributed by atoms with Crippen LogP contribution in [0.1, 0.15) is 17.4 Å². The Morgan fingerprint density at radius 1 is 1.48 bits per heavy atom. The third-order valence-corrected chi connectivity index (χ3v) is 6.79. The quantitative estimate of drug-likeness (QED) is 0.540. The maximum Gasteiger partial charge on any atom is 0.276 e. The van der Waals surface area contributed by atoms with Crippen LogP contribution in [-0.4, -0.2) is 25.7 Å². The first kappa shape index (κ1) is 16.8. The molecule has 1 fully saturated rings. The number of rotatable bonds is 4. The number of thiocarbonyl (C=S) groups is 1. The number of hydrogen-bond acceptors (Lipinski definition) is 4. The predicted molar refractivity (Wildman–Crippen MR) is 102 cm³/mol. The minimum absolute atomic E-state index is 0.125. The molecule has 0 spiro atoms. The highest BCUT2D eigenvalue weighted by atomic mass is 79.9. The molecule has 2 aromatic heterocycles. The predicted octanol–water partition coefficient (Wildman–Crippen LogP) is 3.75. The van der Waals surface area contributed by atoms with Crippen LogP contribution in [0, 0.1) is 0 Å². The van der Waals surface area contributed by atoms with Crippen molar-refractivity contribution in [1.82, 2.24) is 20.0 Å². The highest BCUT2D eigenvalue weighted by Crippen LogP contribution is 2.33. The summed E-state index contributed by atoms with van der Waals surface area (Å²) in [7, 11) is 0. The SMILES string of the molecule is CCn1cc(CN2C(=O)/C(=C\c3cc(Br)c(Br)s3)NC2=S)cn1. The number of nitrogens with zero attached hydrogens (tertiary/aromatic N) is 3. The Balaban J connectivity index is 1.79. The molecular weight excluding hydrogens is 464 g/mol. The molecule has 1 aliphatic rings. The Labute approximate surface area is 159 Å². The van der Waals surface area contributed by atoms with E-state index in [9.17, 15) is 4.79 Å². The van der Waals surface area contributed by atoms with Crippen molar-refractivity contribution in [2.45, 2.75) is 20.0 Å². The van der Waals surface area contributed by atoms with E-state index < -0.39 is 0 Å². The molecule has 5 nitrogen and oxygen atoms in total. The summed E-state index contributed by atoms with van der Waals surface area (Å²) in [6.07, 6.45) is 5.49. The normalized spacial score (nSPS) is 16.5. The maximum absolute atomic E-state index is 12.6. The molecule has 0 saturated carbocycles. The average Bonchev–Trinajstić information content (AvgIpc) is 3.16. The minimum Gasteiger partial charge on any atom is -0.328 e. The summed E-state index contributed by atoms with van der Waals surface area (Å²) < 4.78 is 3.77. The van der Waals surface area contributed by atoms with Crippen LogP contribution in [0.25, 0.3) is 6.08 Å². The van der Waals surface area contributed by atoms with Crippen LogP contribution in [0.15, 0.2) is 32.4 Å². The number of nitrogens with one attached hydrogen (secondary N) is 1. The average molecular weight is 476 g/mol. The fraction of sp³-hybridized carbons (Fsp3) is 0.214. The number of carbonyl (C=O) groups excluding carboxylic acids is 1. The second-order valence-electron chi connectivity index (χ2n) is 4.85. The van der Waals surface area contributed by atoms with Gasteiger partial charge in [-0.05, 0) is 63.1 Å². The van der Waals surface area contributed by atoms with Gasteiger partial charge in [-0.2, -0.15) is 5.10 Å². The van der Waals surface area contributed by atoms with Crippen molar-refractivity contribution >= 4 is 72.5 Å². The van der Waals surface area contributed by atoms with E-state index in [1.807, 2.05) is 29.9 Å². The van der Waals surface area contributed by atoms with Gasteiger partial charge in [0, 0.05) is 27.7 Å². The summed E-state index contributed by atoms with van der Waals surface area (Å²) in [6.45, 7) is 3.23. The molecule has 1 N–H and O–H groups in total. The molecule has 0 aromatic carbocycles. The van der Waals surface area contributed by atoms with Gasteiger partial charge >= 0.3 is 0 Å². The first-order valence-electron chi connectivity index (χ1n) is 6.78. The standard InChI is InChI=1S/C14H12Br2N4OS2/c1-2-19-6-8(5-17-19)7-20-13(21)11(18-14(20)22)4-9-3-10(15)12(16)23-9/h3-6H,2,7H2,1H3,(H,18,22)/b11-4+. The Hall–Kier alpha value is -1.03. The third kappa shape index (κ3) is 3.57. The molecule has 23 heavy (non-hydrogen) atoms. The molecule has 120 valence electrons. The smallest absolute Gasteiger partial charge is 0.276 e. The van der Waals surface area contributed by atoms with Crippen molar-refractivity contribution < 1.29 is 4.79 Å². The van der Waals surface area contributed by atoms with Crippen molar-refractivity contribution in [2.75, 3.05) is 0 Å². The number of hydrogen-bond donors (Lipinski definition) is 1. The number of carbonyl (C=O) groups is 1. The number of aromatic nitrogens is 2. The van der Waals surface area contributed by atoms with E-state index >= 15 is 0 Å². The molecule has 0 bridgehead atoms. The first-order valence-corrected chi connectivity index (χ1v) is 9.59. The number of thiophene rings is 1. The van der Waals surface area contributed by atoms with Gasteiger partial charge in [-0.1, -0.05) is 0 Å². The molecule has 2 aromatic rings. The van der Waals surface area contributed by atoms with Crippen LogP contribution < -0.4 is 5.32 Å². The molecule has 1 amide bonds. The fourth-order valence-electron chi connectivity index (χ4n) is 2.14. The molecule has 0 aliphatic carbocycles. The van der Waals surface area contributed by atoms with Crippen molar-refractivity contribution in [2.24, 2.45) is 0 Å². The van der Waals surface area contributed by atoms with Gasteiger partial charge in [0.25, 0.3) is 5.91 Å². The molecular formula is C14H12Br2N4OS2. The Kier molecular flexibility index (Phi) is 5.00. The lowest BCUT2D eigenvalue weighted by Gasteiger charge is -2.12. The van der Waals surface area contributed by atoms with Gasteiger partial charge in [0.1, 0.15) is 5.70 Å². The van der Waals surface area contributed by atoms with Crippen molar-refractivity contribution in [3.8, 4) is 0 Å². The first-order chi connectivity index (χ1) is 11.0. The number of halogens is 2. The minimum atomic E-state index is -0.125. The van der Waals surface area contributed by atoms with Crippen LogP contribution >= 0.6 is 55.4 Å². The Bertz CT molecular complexity index is 792. The van der Waals surface area contributed by atoms with Crippen LogP contribution in [0.4, 0.5) is 0 Å². The summed E-state index contributed by atoms with van der Waals surface area (Å²) in [5.41, 5.74) is 1.44. The van der Waals surface area contributed by atoms with E-state index in [-0.39, 0.29) is 5.91 Å². The Morgan fingerprint density at radius 3 is 2.87 bits per heavy atom. The zero-order chi connectivity index (χ0) is 16.6. The molecule has 1 saturated heterocycles. The van der Waals surface area contributed by atoms with Crippen LogP contribution in [0.2, 0.25) is 0 Å². The number of amides is 1. The lowest BCUT2D eigenvalue weighted by molar-refractivity contribution is -0.122. The van der Waals surface area contributed by atoms with Gasteiger partial charge < -0.3 is 5.32 Å². The molecule has 0 radical (unpaired) electrons. The summed E-state index contributed by atoms with van der Waals surface area (Å²) in [5.74, 6) is -0.125. The monoisotopic (exact) mass is 474 g/mol.